The van der Waals surface area contributed by atoms with Crippen molar-refractivity contribution >= 4 is 5.91 Å². The van der Waals surface area contributed by atoms with Crippen molar-refractivity contribution < 1.29 is 4.79 Å². The fourth-order valence-corrected chi connectivity index (χ4v) is 3.64. The van der Waals surface area contributed by atoms with Gasteiger partial charge in [0.05, 0.1) is 0 Å². The van der Waals surface area contributed by atoms with E-state index in [1.165, 1.54) is 25.7 Å². The number of hydrogen-bond donors (Lipinski definition) is 2. The second-order valence-electron chi connectivity index (χ2n) is 6.09. The number of hydrogen-bond acceptors (Lipinski definition) is 2. The predicted octanol–water partition coefficient (Wildman–Crippen LogP) is 2.46. The molecule has 0 aromatic heterocycles. The smallest absolute Gasteiger partial charge is 0.221 e. The Morgan fingerprint density at radius 3 is 2.83 bits per heavy atom. The first kappa shape index (κ1) is 13.9. The maximum absolute atomic E-state index is 11.9. The minimum atomic E-state index is 0.228. The zero-order chi connectivity index (χ0) is 13.0. The van der Waals surface area contributed by atoms with Crippen molar-refractivity contribution in [2.75, 3.05) is 6.54 Å². The zero-order valence-electron chi connectivity index (χ0n) is 11.9. The van der Waals surface area contributed by atoms with Crippen LogP contribution in [0.5, 0.6) is 0 Å². The summed E-state index contributed by atoms with van der Waals surface area (Å²) < 4.78 is 0. The zero-order valence-corrected chi connectivity index (χ0v) is 11.9. The van der Waals surface area contributed by atoms with Crippen LogP contribution in [0.15, 0.2) is 0 Å². The molecule has 3 heteroatoms. The van der Waals surface area contributed by atoms with Gasteiger partial charge in [0.1, 0.15) is 0 Å². The van der Waals surface area contributed by atoms with Crippen LogP contribution in [0.1, 0.15) is 58.8 Å². The molecule has 2 fully saturated rings. The predicted molar refractivity (Wildman–Crippen MR) is 74.4 cm³/mol. The van der Waals surface area contributed by atoms with Crippen molar-refractivity contribution in [2.24, 2.45) is 11.8 Å². The third-order valence-electron chi connectivity index (χ3n) is 4.82. The normalized spacial score (nSPS) is 35.2. The van der Waals surface area contributed by atoms with E-state index in [1.807, 2.05) is 0 Å². The molecule has 0 aromatic rings. The molecule has 2 rings (SSSR count). The number of carbonyl (C=O) groups excluding carboxylic acids is 1. The van der Waals surface area contributed by atoms with E-state index in [2.05, 4.69) is 24.5 Å². The average molecular weight is 252 g/mol. The van der Waals surface area contributed by atoms with Gasteiger partial charge in [0.2, 0.25) is 5.91 Å². The van der Waals surface area contributed by atoms with Gasteiger partial charge in [0.25, 0.3) is 0 Å². The lowest BCUT2D eigenvalue weighted by molar-refractivity contribution is -0.121. The fraction of sp³-hybridized carbons (Fsp3) is 0.933. The molecule has 1 saturated heterocycles. The van der Waals surface area contributed by atoms with E-state index in [1.54, 1.807) is 0 Å². The summed E-state index contributed by atoms with van der Waals surface area (Å²) in [6, 6.07) is 1.09. The highest BCUT2D eigenvalue weighted by Crippen LogP contribution is 2.38. The number of carbonyl (C=O) groups is 1. The van der Waals surface area contributed by atoms with Gasteiger partial charge in [-0.3, -0.25) is 4.79 Å². The third-order valence-corrected chi connectivity index (χ3v) is 4.82. The van der Waals surface area contributed by atoms with Gasteiger partial charge < -0.3 is 10.6 Å². The minimum Gasteiger partial charge on any atom is -0.356 e. The van der Waals surface area contributed by atoms with Crippen molar-refractivity contribution in [1.29, 1.82) is 0 Å². The quantitative estimate of drug-likeness (QED) is 0.738. The Morgan fingerprint density at radius 2 is 2.11 bits per heavy atom. The summed E-state index contributed by atoms with van der Waals surface area (Å²) in [6.07, 6.45) is 8.29. The van der Waals surface area contributed by atoms with E-state index < -0.39 is 0 Å². The number of rotatable bonds is 5. The van der Waals surface area contributed by atoms with Crippen LogP contribution in [0.25, 0.3) is 0 Å². The maximum Gasteiger partial charge on any atom is 0.221 e. The SMILES string of the molecule is CCCCNC(=O)CC1NC2CCCCC2C1C. The number of nitrogens with one attached hydrogen (secondary N) is 2. The van der Waals surface area contributed by atoms with Gasteiger partial charge in [-0.1, -0.05) is 33.1 Å². The van der Waals surface area contributed by atoms with Crippen molar-refractivity contribution in [1.82, 2.24) is 10.6 Å². The van der Waals surface area contributed by atoms with Crippen LogP contribution < -0.4 is 10.6 Å². The Morgan fingerprint density at radius 1 is 1.33 bits per heavy atom. The topological polar surface area (TPSA) is 41.1 Å². The Bertz CT molecular complexity index is 280. The van der Waals surface area contributed by atoms with Crippen molar-refractivity contribution in [2.45, 2.75) is 70.9 Å². The molecule has 3 nitrogen and oxygen atoms in total. The van der Waals surface area contributed by atoms with Gasteiger partial charge in [-0.05, 0) is 31.1 Å². The third kappa shape index (κ3) is 3.25. The van der Waals surface area contributed by atoms with Gasteiger partial charge >= 0.3 is 0 Å². The Kier molecular flexibility index (Phi) is 5.04. The molecule has 1 aliphatic heterocycles. The van der Waals surface area contributed by atoms with Crippen LogP contribution in [0, 0.1) is 11.8 Å². The van der Waals surface area contributed by atoms with Gasteiger partial charge in [-0.2, -0.15) is 0 Å². The standard InChI is InChI=1S/C15H28N2O/c1-3-4-9-16-15(18)10-14-11(2)12-7-5-6-8-13(12)17-14/h11-14,17H,3-10H2,1-2H3,(H,16,18). The Balaban J connectivity index is 1.77. The lowest BCUT2D eigenvalue weighted by Gasteiger charge is -2.26. The number of fused-ring (bicyclic) bond motifs is 1. The highest BCUT2D eigenvalue weighted by Gasteiger charge is 2.41. The first-order valence-electron chi connectivity index (χ1n) is 7.75. The summed E-state index contributed by atoms with van der Waals surface area (Å²) in [5.74, 6) is 1.70. The van der Waals surface area contributed by atoms with Gasteiger partial charge in [-0.25, -0.2) is 0 Å². The summed E-state index contributed by atoms with van der Waals surface area (Å²) >= 11 is 0. The molecule has 0 bridgehead atoms. The molecule has 1 amide bonds. The van der Waals surface area contributed by atoms with E-state index in [4.69, 9.17) is 0 Å². The molecule has 0 radical (unpaired) electrons. The number of amides is 1. The van der Waals surface area contributed by atoms with Gasteiger partial charge in [-0.15, -0.1) is 0 Å². The fourth-order valence-electron chi connectivity index (χ4n) is 3.64. The Hall–Kier alpha value is -0.570. The van der Waals surface area contributed by atoms with E-state index in [-0.39, 0.29) is 5.91 Å². The molecule has 1 heterocycles. The molecular weight excluding hydrogens is 224 g/mol. The molecule has 4 unspecified atom stereocenters. The van der Waals surface area contributed by atoms with Crippen LogP contribution in [-0.4, -0.2) is 24.5 Å². The lowest BCUT2D eigenvalue weighted by atomic mass is 9.79. The maximum atomic E-state index is 11.9. The van der Waals surface area contributed by atoms with Gasteiger partial charge in [0.15, 0.2) is 0 Å². The molecular formula is C15H28N2O. The first-order chi connectivity index (χ1) is 8.72. The monoisotopic (exact) mass is 252 g/mol. The second-order valence-corrected chi connectivity index (χ2v) is 6.09. The van der Waals surface area contributed by atoms with Crippen LogP contribution in [-0.2, 0) is 4.79 Å². The molecule has 2 aliphatic rings. The molecule has 0 spiro atoms. The van der Waals surface area contributed by atoms with Crippen LogP contribution in [0.2, 0.25) is 0 Å². The summed E-state index contributed by atoms with van der Waals surface area (Å²) in [7, 11) is 0. The molecule has 1 aliphatic carbocycles. The highest BCUT2D eigenvalue weighted by molar-refractivity contribution is 5.76. The molecule has 1 saturated carbocycles. The second kappa shape index (κ2) is 6.55. The molecule has 4 atom stereocenters. The lowest BCUT2D eigenvalue weighted by Crippen LogP contribution is -2.37. The molecule has 0 aromatic carbocycles. The summed E-state index contributed by atoms with van der Waals surface area (Å²) in [5.41, 5.74) is 0. The Labute approximate surface area is 111 Å². The van der Waals surface area contributed by atoms with Crippen molar-refractivity contribution in [3.8, 4) is 0 Å². The summed E-state index contributed by atoms with van der Waals surface area (Å²) in [6.45, 7) is 5.31. The minimum absolute atomic E-state index is 0.228. The van der Waals surface area contributed by atoms with Crippen LogP contribution in [0.3, 0.4) is 0 Å². The summed E-state index contributed by atoms with van der Waals surface area (Å²) in [4.78, 5) is 11.9. The first-order valence-corrected chi connectivity index (χ1v) is 7.75. The molecule has 18 heavy (non-hydrogen) atoms. The van der Waals surface area contributed by atoms with E-state index in [0.29, 0.717) is 24.4 Å². The van der Waals surface area contributed by atoms with Crippen LogP contribution >= 0.6 is 0 Å². The number of unbranched alkanes of at least 4 members (excludes halogenated alkanes) is 1. The van der Waals surface area contributed by atoms with E-state index in [9.17, 15) is 4.79 Å². The van der Waals surface area contributed by atoms with E-state index in [0.717, 1.165) is 25.3 Å². The molecule has 104 valence electrons. The van der Waals surface area contributed by atoms with Gasteiger partial charge in [0, 0.05) is 25.0 Å². The summed E-state index contributed by atoms with van der Waals surface area (Å²) in [5, 5.41) is 6.74. The molecule has 2 N–H and O–H groups in total. The average Bonchev–Trinajstić information content (AvgIpc) is 2.67. The van der Waals surface area contributed by atoms with Crippen molar-refractivity contribution in [3.05, 3.63) is 0 Å². The highest BCUT2D eigenvalue weighted by atomic mass is 16.1. The largest absolute Gasteiger partial charge is 0.356 e. The van der Waals surface area contributed by atoms with Crippen molar-refractivity contribution in [3.63, 3.8) is 0 Å². The van der Waals surface area contributed by atoms with Crippen LogP contribution in [0.4, 0.5) is 0 Å². The van der Waals surface area contributed by atoms with E-state index >= 15 is 0 Å².